The minimum absolute atomic E-state index is 0.189. The van der Waals surface area contributed by atoms with E-state index in [1.807, 2.05) is 18.2 Å². The zero-order valence-corrected chi connectivity index (χ0v) is 10.3. The number of nitrogens with zero attached hydrogens (tertiary/aromatic N) is 2. The number of fused-ring (bicyclic) bond motifs is 3. The molecule has 1 aromatic heterocycles. The summed E-state index contributed by atoms with van der Waals surface area (Å²) in [6.07, 6.45) is 0. The fourth-order valence-corrected chi connectivity index (χ4v) is 2.59. The van der Waals surface area contributed by atoms with E-state index in [4.69, 9.17) is 0 Å². The van der Waals surface area contributed by atoms with Gasteiger partial charge in [-0.3, -0.25) is 0 Å². The van der Waals surface area contributed by atoms with Gasteiger partial charge in [0.05, 0.1) is 11.3 Å². The van der Waals surface area contributed by atoms with Crippen LogP contribution in [0.1, 0.15) is 25.0 Å². The Morgan fingerprint density at radius 3 is 2.50 bits per heavy atom. The molecular formula is C13H13BN2O2. The quantitative estimate of drug-likeness (QED) is 0.711. The van der Waals surface area contributed by atoms with Crippen molar-refractivity contribution in [3.05, 3.63) is 41.5 Å². The van der Waals surface area contributed by atoms with Gasteiger partial charge in [-0.25, -0.2) is 0 Å². The number of rotatable bonds is 1. The first-order valence-corrected chi connectivity index (χ1v) is 5.86. The van der Waals surface area contributed by atoms with Crippen LogP contribution >= 0.6 is 0 Å². The van der Waals surface area contributed by atoms with E-state index in [-0.39, 0.29) is 11.0 Å². The van der Waals surface area contributed by atoms with Gasteiger partial charge in [-0.2, -0.15) is 10.2 Å². The molecule has 0 radical (unpaired) electrons. The van der Waals surface area contributed by atoms with Crippen molar-refractivity contribution in [2.75, 3.05) is 0 Å². The fourth-order valence-electron chi connectivity index (χ4n) is 2.59. The molecule has 90 valence electrons. The Labute approximate surface area is 105 Å². The van der Waals surface area contributed by atoms with Gasteiger partial charge >= 0.3 is 7.12 Å². The van der Waals surface area contributed by atoms with Gasteiger partial charge in [0.25, 0.3) is 0 Å². The summed E-state index contributed by atoms with van der Waals surface area (Å²) in [5, 5.41) is 26.4. The molecular weight excluding hydrogens is 227 g/mol. The Kier molecular flexibility index (Phi) is 2.30. The second kappa shape index (κ2) is 3.64. The van der Waals surface area contributed by atoms with Crippen molar-refractivity contribution in [2.24, 2.45) is 0 Å². The first-order valence-electron chi connectivity index (χ1n) is 5.86. The molecule has 1 aliphatic rings. The SMILES string of the molecule is CC1(C)c2ccccc2-c2nnc(B(O)O)cc21. The first kappa shape index (κ1) is 11.4. The van der Waals surface area contributed by atoms with Gasteiger partial charge in [0, 0.05) is 11.0 Å². The Morgan fingerprint density at radius 2 is 1.78 bits per heavy atom. The summed E-state index contributed by atoms with van der Waals surface area (Å²) in [5.74, 6) is 0. The van der Waals surface area contributed by atoms with Gasteiger partial charge in [-0.15, -0.1) is 0 Å². The maximum absolute atomic E-state index is 9.20. The lowest BCUT2D eigenvalue weighted by Crippen LogP contribution is -2.34. The Hall–Kier alpha value is -1.72. The van der Waals surface area contributed by atoms with Crippen molar-refractivity contribution in [3.63, 3.8) is 0 Å². The highest BCUT2D eigenvalue weighted by Gasteiger charge is 2.37. The molecule has 0 bridgehead atoms. The van der Waals surface area contributed by atoms with E-state index in [9.17, 15) is 10.0 Å². The van der Waals surface area contributed by atoms with E-state index in [0.29, 0.717) is 0 Å². The highest BCUT2D eigenvalue weighted by Crippen LogP contribution is 2.46. The largest absolute Gasteiger partial charge is 0.510 e. The molecule has 2 N–H and O–H groups in total. The van der Waals surface area contributed by atoms with Crippen LogP contribution < -0.4 is 5.59 Å². The first-order chi connectivity index (χ1) is 8.51. The molecule has 0 saturated carbocycles. The summed E-state index contributed by atoms with van der Waals surface area (Å²) in [7, 11) is -1.58. The van der Waals surface area contributed by atoms with Crippen LogP contribution in [-0.2, 0) is 5.41 Å². The van der Waals surface area contributed by atoms with Crippen LogP contribution in [0.4, 0.5) is 0 Å². The molecule has 0 unspecified atom stereocenters. The summed E-state index contributed by atoms with van der Waals surface area (Å²) in [6, 6.07) is 9.80. The monoisotopic (exact) mass is 240 g/mol. The van der Waals surface area contributed by atoms with Gasteiger partial charge in [0.2, 0.25) is 0 Å². The second-order valence-electron chi connectivity index (χ2n) is 5.08. The van der Waals surface area contributed by atoms with Gasteiger partial charge in [-0.1, -0.05) is 38.1 Å². The van der Waals surface area contributed by atoms with E-state index in [1.165, 1.54) is 5.56 Å². The number of aromatic nitrogens is 2. The van der Waals surface area contributed by atoms with Gasteiger partial charge in [-0.05, 0) is 17.2 Å². The molecule has 2 aromatic rings. The Balaban J connectivity index is 2.28. The number of benzene rings is 1. The van der Waals surface area contributed by atoms with Crippen LogP contribution in [0.5, 0.6) is 0 Å². The van der Waals surface area contributed by atoms with Crippen molar-refractivity contribution < 1.29 is 10.0 Å². The predicted molar refractivity (Wildman–Crippen MR) is 69.4 cm³/mol. The molecule has 1 aromatic carbocycles. The smallest absolute Gasteiger partial charge is 0.422 e. The van der Waals surface area contributed by atoms with Crippen LogP contribution in [0.25, 0.3) is 11.3 Å². The lowest BCUT2D eigenvalue weighted by atomic mass is 9.79. The van der Waals surface area contributed by atoms with Gasteiger partial charge < -0.3 is 10.0 Å². The topological polar surface area (TPSA) is 66.2 Å². The normalized spacial score (nSPS) is 15.1. The molecule has 3 rings (SSSR count). The molecule has 0 atom stereocenters. The van der Waals surface area contributed by atoms with Gasteiger partial charge in [0.1, 0.15) is 0 Å². The molecule has 4 nitrogen and oxygen atoms in total. The molecule has 0 fully saturated rings. The minimum atomic E-state index is -1.58. The van der Waals surface area contributed by atoms with Crippen LogP contribution in [-0.4, -0.2) is 27.4 Å². The molecule has 18 heavy (non-hydrogen) atoms. The maximum atomic E-state index is 9.20. The minimum Gasteiger partial charge on any atom is -0.422 e. The van der Waals surface area contributed by atoms with Crippen LogP contribution in [0.15, 0.2) is 30.3 Å². The zero-order valence-electron chi connectivity index (χ0n) is 10.3. The third-order valence-electron chi connectivity index (χ3n) is 3.61. The third kappa shape index (κ3) is 1.41. The van der Waals surface area contributed by atoms with E-state index >= 15 is 0 Å². The van der Waals surface area contributed by atoms with Gasteiger partial charge in [0.15, 0.2) is 0 Å². The average molecular weight is 240 g/mol. The molecule has 5 heteroatoms. The van der Waals surface area contributed by atoms with Crippen molar-refractivity contribution in [2.45, 2.75) is 19.3 Å². The van der Waals surface area contributed by atoms with Crippen molar-refractivity contribution >= 4 is 12.7 Å². The predicted octanol–water partition coefficient (Wildman–Crippen LogP) is 0.463. The van der Waals surface area contributed by atoms with E-state index in [2.05, 4.69) is 30.1 Å². The molecule has 1 heterocycles. The van der Waals surface area contributed by atoms with Crippen molar-refractivity contribution in [1.29, 1.82) is 0 Å². The molecule has 0 saturated heterocycles. The lowest BCUT2D eigenvalue weighted by Gasteiger charge is -2.21. The number of hydrogen-bond acceptors (Lipinski definition) is 4. The summed E-state index contributed by atoms with van der Waals surface area (Å²) in [6.45, 7) is 4.21. The van der Waals surface area contributed by atoms with Crippen LogP contribution in [0.2, 0.25) is 0 Å². The highest BCUT2D eigenvalue weighted by atomic mass is 16.4. The summed E-state index contributed by atoms with van der Waals surface area (Å²) in [5.41, 5.74) is 4.09. The van der Waals surface area contributed by atoms with Crippen molar-refractivity contribution in [3.8, 4) is 11.3 Å². The Morgan fingerprint density at radius 1 is 1.06 bits per heavy atom. The van der Waals surface area contributed by atoms with E-state index in [1.54, 1.807) is 6.07 Å². The summed E-state index contributed by atoms with van der Waals surface area (Å²) in [4.78, 5) is 0. The summed E-state index contributed by atoms with van der Waals surface area (Å²) < 4.78 is 0. The van der Waals surface area contributed by atoms with Crippen LogP contribution in [0.3, 0.4) is 0 Å². The lowest BCUT2D eigenvalue weighted by molar-refractivity contribution is 0.423. The van der Waals surface area contributed by atoms with Crippen LogP contribution in [0, 0.1) is 0 Å². The Bertz CT molecular complexity index is 626. The summed E-state index contributed by atoms with van der Waals surface area (Å²) >= 11 is 0. The number of hydrogen-bond donors (Lipinski definition) is 2. The van der Waals surface area contributed by atoms with E-state index < -0.39 is 7.12 Å². The standard InChI is InChI=1S/C13H13BN2O2/c1-13(2)9-6-4-3-5-8(9)12-10(13)7-11(14(17)18)15-16-12/h3-7,17-18H,1-2H3. The molecule has 0 spiro atoms. The van der Waals surface area contributed by atoms with Crippen molar-refractivity contribution in [1.82, 2.24) is 10.2 Å². The average Bonchev–Trinajstić information content (AvgIpc) is 2.59. The fraction of sp³-hybridized carbons (Fsp3) is 0.231. The maximum Gasteiger partial charge on any atom is 0.510 e. The third-order valence-corrected chi connectivity index (χ3v) is 3.61. The molecule has 0 amide bonds. The zero-order chi connectivity index (χ0) is 12.9. The second-order valence-corrected chi connectivity index (χ2v) is 5.08. The molecule has 1 aliphatic carbocycles. The molecule has 0 aliphatic heterocycles. The highest BCUT2D eigenvalue weighted by molar-refractivity contribution is 6.57. The van der Waals surface area contributed by atoms with E-state index in [0.717, 1.165) is 16.8 Å².